The molecule has 1 saturated carbocycles. The SMILES string of the molecule is N#Cc1ccc(OC2CCC(NC(=O)c3ccc(N4CCC(CN5Cc6cc7c(cc6C5)C(=O)N([C@H]5CCC(=O)NC5=O)C7=O)CC4)cc3)CC2)cc1Cl. The van der Waals surface area contributed by atoms with E-state index in [1.54, 1.807) is 18.2 Å². The van der Waals surface area contributed by atoms with Gasteiger partial charge in [0.15, 0.2) is 0 Å². The van der Waals surface area contributed by atoms with Crippen molar-refractivity contribution in [3.05, 3.63) is 93.0 Å². The van der Waals surface area contributed by atoms with Gasteiger partial charge in [-0.2, -0.15) is 5.26 Å². The highest BCUT2D eigenvalue weighted by atomic mass is 35.5. The molecule has 12 nitrogen and oxygen atoms in total. The van der Waals surface area contributed by atoms with Crippen LogP contribution in [0.3, 0.4) is 0 Å². The zero-order valence-corrected chi connectivity index (χ0v) is 30.6. The Labute approximate surface area is 318 Å². The first kappa shape index (κ1) is 35.8. The molecular weight excluding hydrogens is 708 g/mol. The Morgan fingerprint density at radius 2 is 1.54 bits per heavy atom. The molecule has 54 heavy (non-hydrogen) atoms. The van der Waals surface area contributed by atoms with E-state index in [0.29, 0.717) is 52.0 Å². The van der Waals surface area contributed by atoms with Crippen molar-refractivity contribution in [2.75, 3.05) is 24.5 Å². The number of benzene rings is 3. The summed E-state index contributed by atoms with van der Waals surface area (Å²) in [5.74, 6) is -0.827. The number of carbonyl (C=O) groups excluding carboxylic acids is 5. The van der Waals surface area contributed by atoms with Gasteiger partial charge in [-0.25, -0.2) is 0 Å². The zero-order valence-electron chi connectivity index (χ0n) is 29.8. The van der Waals surface area contributed by atoms with E-state index in [-0.39, 0.29) is 36.8 Å². The van der Waals surface area contributed by atoms with Crippen molar-refractivity contribution in [1.29, 1.82) is 5.26 Å². The van der Waals surface area contributed by atoms with Crippen LogP contribution in [-0.2, 0) is 22.7 Å². The van der Waals surface area contributed by atoms with Gasteiger partial charge in [0.2, 0.25) is 11.8 Å². The molecule has 0 bridgehead atoms. The molecule has 278 valence electrons. The topological polar surface area (TPSA) is 152 Å². The number of hydrogen-bond acceptors (Lipinski definition) is 9. The highest BCUT2D eigenvalue weighted by Gasteiger charge is 2.45. The minimum Gasteiger partial charge on any atom is -0.490 e. The molecule has 2 saturated heterocycles. The molecule has 0 spiro atoms. The summed E-state index contributed by atoms with van der Waals surface area (Å²) in [5, 5.41) is 14.9. The number of amides is 5. The second-order valence-corrected chi connectivity index (χ2v) is 15.5. The molecule has 1 atom stereocenters. The highest BCUT2D eigenvalue weighted by molar-refractivity contribution is 6.31. The van der Waals surface area contributed by atoms with Gasteiger partial charge in [-0.15, -0.1) is 0 Å². The number of carbonyl (C=O) groups is 5. The molecule has 0 radical (unpaired) electrons. The minimum absolute atomic E-state index is 0.0404. The van der Waals surface area contributed by atoms with Crippen molar-refractivity contribution in [2.24, 2.45) is 5.92 Å². The Bertz CT molecular complexity index is 2020. The summed E-state index contributed by atoms with van der Waals surface area (Å²) in [6.07, 6.45) is 5.64. The predicted molar refractivity (Wildman–Crippen MR) is 199 cm³/mol. The van der Waals surface area contributed by atoms with Crippen LogP contribution in [-0.4, -0.2) is 77.2 Å². The first-order chi connectivity index (χ1) is 26.1. The molecule has 13 heteroatoms. The molecule has 4 aliphatic heterocycles. The van der Waals surface area contributed by atoms with Crippen LogP contribution in [0.15, 0.2) is 54.6 Å². The average Bonchev–Trinajstić information content (AvgIpc) is 3.67. The molecule has 3 aromatic carbocycles. The smallest absolute Gasteiger partial charge is 0.262 e. The van der Waals surface area contributed by atoms with Gasteiger partial charge < -0.3 is 15.0 Å². The summed E-state index contributed by atoms with van der Waals surface area (Å²) >= 11 is 6.15. The van der Waals surface area contributed by atoms with Crippen molar-refractivity contribution in [1.82, 2.24) is 20.4 Å². The summed E-state index contributed by atoms with van der Waals surface area (Å²) in [6, 6.07) is 17.8. The average molecular weight is 749 g/mol. The largest absolute Gasteiger partial charge is 0.490 e. The van der Waals surface area contributed by atoms with Crippen LogP contribution in [0.2, 0.25) is 5.02 Å². The first-order valence-electron chi connectivity index (χ1n) is 18.8. The maximum absolute atomic E-state index is 13.3. The molecule has 3 aromatic rings. The molecule has 8 rings (SSSR count). The summed E-state index contributed by atoms with van der Waals surface area (Å²) in [4.78, 5) is 69.4. The minimum atomic E-state index is -0.961. The lowest BCUT2D eigenvalue weighted by Gasteiger charge is -2.35. The standard InChI is InChI=1S/C41H41ClN6O6/c42-35-19-32(8-3-26(35)20-43)54-31-9-4-29(5-10-31)44-38(50)25-1-6-30(7-2-25)47-15-13-24(14-16-47)21-46-22-27-17-33-34(18-28(27)23-46)41(53)48(40(33)52)36-11-12-37(49)45-39(36)51/h1-3,6-8,17-19,24,29,31,36H,4-5,9-16,21-23H2,(H,44,50)(H,45,49,51)/t29?,31?,36-/m0/s1. The molecule has 5 amide bonds. The number of hydrogen-bond donors (Lipinski definition) is 2. The third kappa shape index (κ3) is 7.18. The molecule has 4 heterocycles. The molecule has 0 unspecified atom stereocenters. The van der Waals surface area contributed by atoms with Gasteiger partial charge in [0.05, 0.1) is 27.8 Å². The number of rotatable bonds is 8. The second kappa shape index (κ2) is 14.9. The monoisotopic (exact) mass is 748 g/mol. The number of piperidine rings is 2. The van der Waals surface area contributed by atoms with Crippen LogP contribution in [0.4, 0.5) is 5.69 Å². The van der Waals surface area contributed by atoms with Crippen LogP contribution in [0, 0.1) is 17.2 Å². The van der Waals surface area contributed by atoms with Gasteiger partial charge in [-0.3, -0.25) is 39.1 Å². The van der Waals surface area contributed by atoms with Crippen LogP contribution in [0.5, 0.6) is 5.75 Å². The van der Waals surface area contributed by atoms with Gasteiger partial charge in [-0.05, 0) is 111 Å². The Kier molecular flexibility index (Phi) is 9.85. The van der Waals surface area contributed by atoms with Crippen molar-refractivity contribution in [2.45, 2.75) is 82.6 Å². The molecule has 0 aromatic heterocycles. The highest BCUT2D eigenvalue weighted by Crippen LogP contribution is 2.35. The Morgan fingerprint density at radius 3 is 2.15 bits per heavy atom. The Balaban J connectivity index is 0.780. The van der Waals surface area contributed by atoms with Crippen molar-refractivity contribution in [3.63, 3.8) is 0 Å². The van der Waals surface area contributed by atoms with E-state index < -0.39 is 23.8 Å². The lowest BCUT2D eigenvalue weighted by molar-refractivity contribution is -0.136. The van der Waals surface area contributed by atoms with Gasteiger partial charge in [0.25, 0.3) is 17.7 Å². The van der Waals surface area contributed by atoms with Gasteiger partial charge in [-0.1, -0.05) is 11.6 Å². The molecule has 5 aliphatic rings. The first-order valence-corrected chi connectivity index (χ1v) is 19.1. The van der Waals surface area contributed by atoms with E-state index in [2.05, 4.69) is 26.5 Å². The van der Waals surface area contributed by atoms with E-state index in [1.165, 1.54) is 0 Å². The number of nitrogens with one attached hydrogen (secondary N) is 2. The summed E-state index contributed by atoms with van der Waals surface area (Å²) in [7, 11) is 0. The summed E-state index contributed by atoms with van der Waals surface area (Å²) < 4.78 is 6.09. The van der Waals surface area contributed by atoms with E-state index in [1.807, 2.05) is 36.4 Å². The van der Waals surface area contributed by atoms with Crippen LogP contribution in [0.25, 0.3) is 0 Å². The van der Waals surface area contributed by atoms with E-state index in [0.717, 1.165) is 79.9 Å². The summed E-state index contributed by atoms with van der Waals surface area (Å²) in [5.41, 5.74) is 4.92. The molecular formula is C41H41ClN6O6. The quantitative estimate of drug-likeness (QED) is 0.305. The summed E-state index contributed by atoms with van der Waals surface area (Å²) in [6.45, 7) is 4.17. The third-order valence-corrected chi connectivity index (χ3v) is 11.9. The number of anilines is 1. The van der Waals surface area contributed by atoms with E-state index in [9.17, 15) is 24.0 Å². The number of nitrogens with zero attached hydrogens (tertiary/aromatic N) is 4. The van der Waals surface area contributed by atoms with Crippen LogP contribution >= 0.6 is 11.6 Å². The Morgan fingerprint density at radius 1 is 0.870 bits per heavy atom. The maximum atomic E-state index is 13.3. The van der Waals surface area contributed by atoms with E-state index in [4.69, 9.17) is 21.6 Å². The van der Waals surface area contributed by atoms with E-state index >= 15 is 0 Å². The van der Waals surface area contributed by atoms with Crippen molar-refractivity contribution in [3.8, 4) is 11.8 Å². The number of nitriles is 1. The molecule has 2 N–H and O–H groups in total. The van der Waals surface area contributed by atoms with Gasteiger partial charge in [0, 0.05) is 62.5 Å². The number of ether oxygens (including phenoxy) is 1. The van der Waals surface area contributed by atoms with Crippen LogP contribution < -0.4 is 20.3 Å². The fourth-order valence-corrected chi connectivity index (χ4v) is 8.79. The fraction of sp³-hybridized carbons (Fsp3) is 0.415. The second-order valence-electron chi connectivity index (χ2n) is 15.1. The normalized spacial score (nSPS) is 23.1. The number of imide groups is 2. The lowest BCUT2D eigenvalue weighted by atomic mass is 9.92. The van der Waals surface area contributed by atoms with Crippen LogP contribution in [0.1, 0.15) is 99.1 Å². The number of halogens is 1. The fourth-order valence-electron chi connectivity index (χ4n) is 8.58. The third-order valence-electron chi connectivity index (χ3n) is 11.5. The van der Waals surface area contributed by atoms with Crippen molar-refractivity contribution >= 4 is 46.8 Å². The predicted octanol–water partition coefficient (Wildman–Crippen LogP) is 4.97. The number of fused-ring (bicyclic) bond motifs is 2. The van der Waals surface area contributed by atoms with Gasteiger partial charge in [0.1, 0.15) is 17.9 Å². The maximum Gasteiger partial charge on any atom is 0.262 e. The van der Waals surface area contributed by atoms with Crippen molar-refractivity contribution < 1.29 is 28.7 Å². The Hall–Kier alpha value is -5.25. The van der Waals surface area contributed by atoms with Gasteiger partial charge >= 0.3 is 0 Å². The lowest BCUT2D eigenvalue weighted by Crippen LogP contribution is -2.54. The molecule has 3 fully saturated rings. The molecule has 1 aliphatic carbocycles. The zero-order chi connectivity index (χ0) is 37.5.